The van der Waals surface area contributed by atoms with E-state index in [0.29, 0.717) is 83.7 Å². The first-order valence-electron chi connectivity index (χ1n) is 23.6. The number of aromatic nitrogens is 2. The zero-order chi connectivity index (χ0) is 49.0. The first-order chi connectivity index (χ1) is 32.0. The molecule has 6 atom stereocenters. The lowest BCUT2D eigenvalue weighted by Gasteiger charge is -2.28. The summed E-state index contributed by atoms with van der Waals surface area (Å²) >= 11 is 0. The van der Waals surface area contributed by atoms with Gasteiger partial charge in [-0.25, -0.2) is 29.1 Å². The summed E-state index contributed by atoms with van der Waals surface area (Å²) in [6.07, 6.45) is 3.17. The van der Waals surface area contributed by atoms with E-state index in [0.717, 1.165) is 35.7 Å². The van der Waals surface area contributed by atoms with Crippen LogP contribution in [0, 0.1) is 36.5 Å². The van der Waals surface area contributed by atoms with Gasteiger partial charge in [0.15, 0.2) is 0 Å². The van der Waals surface area contributed by atoms with Crippen LogP contribution >= 0.6 is 0 Å². The lowest BCUT2D eigenvalue weighted by molar-refractivity contribution is -0.150. The molecule has 3 saturated carbocycles. The number of amides is 2. The van der Waals surface area contributed by atoms with Crippen LogP contribution in [0.5, 0.6) is 23.0 Å². The first-order valence-corrected chi connectivity index (χ1v) is 23.6. The topological polar surface area (TPSA) is 196 Å². The minimum absolute atomic E-state index is 0.00752. The molecule has 2 saturated heterocycles. The molecule has 2 aromatic carbocycles. The smallest absolute Gasteiger partial charge is 0.411 e. The van der Waals surface area contributed by atoms with E-state index in [1.807, 2.05) is 31.2 Å². The second kappa shape index (κ2) is 16.3. The molecule has 2 spiro atoms. The van der Waals surface area contributed by atoms with Gasteiger partial charge in [0.2, 0.25) is 0 Å². The number of ether oxygens (including phenoxy) is 6. The molecule has 2 aromatic heterocycles. The highest BCUT2D eigenvalue weighted by atomic mass is 16.6. The molecular weight excluding hydrogens is 873 g/mol. The summed E-state index contributed by atoms with van der Waals surface area (Å²) in [4.78, 5) is 67.3. The highest BCUT2D eigenvalue weighted by molar-refractivity contribution is 5.91. The lowest BCUT2D eigenvalue weighted by atomic mass is 9.82. The molecule has 5 fully saturated rings. The zero-order valence-corrected chi connectivity index (χ0v) is 41.0. The van der Waals surface area contributed by atoms with Crippen molar-refractivity contribution in [2.45, 2.75) is 136 Å². The largest absolute Gasteiger partial charge is 0.506 e. The van der Waals surface area contributed by atoms with E-state index in [-0.39, 0.29) is 40.8 Å². The molecule has 3 unspecified atom stereocenters. The quantitative estimate of drug-likeness (QED) is 0.114. The highest BCUT2D eigenvalue weighted by Crippen LogP contribution is 2.75. The Balaban J connectivity index is 0.980. The normalized spacial score (nSPS) is 25.8. The highest BCUT2D eigenvalue weighted by Gasteiger charge is 2.73. The van der Waals surface area contributed by atoms with Gasteiger partial charge in [-0.1, -0.05) is 0 Å². The molecule has 16 heteroatoms. The van der Waals surface area contributed by atoms with Crippen molar-refractivity contribution in [2.75, 3.05) is 34.4 Å². The van der Waals surface area contributed by atoms with E-state index in [1.54, 1.807) is 61.6 Å². The third-order valence-corrected chi connectivity index (χ3v) is 15.2. The summed E-state index contributed by atoms with van der Waals surface area (Å²) < 4.78 is 34.2. The number of fused-ring (bicyclic) bond motifs is 2. The summed E-state index contributed by atoms with van der Waals surface area (Å²) in [5.41, 5.74) is 1.51. The molecule has 2 N–H and O–H groups in total. The van der Waals surface area contributed by atoms with E-state index in [4.69, 9.17) is 33.4 Å². The number of benzene rings is 2. The standard InChI is InChI=1S/C52H64N4O12/c1-27-42(57)34(17-30-20-50(30)21-37(44(59)65-11)55(25-50)46(61)67-48(3,4)5)33-19-32(64-10)16-29(41(33)54-27)24-66-45(60)38-22-51(26-56(38)47(62)68-49(6,7)8)23-39(51)52(14-15-52)40-35-18-31(63-9)12-13-36(35)53-28(2)43(40)58/h12-13,16,18-19,30,37-39,57-58H,14-15,17,20-26H2,1-11H3/t30?,37-,38-,39?,50?,51-/m0/s1. The Kier molecular flexibility index (Phi) is 11.3. The molecule has 5 aliphatic rings. The summed E-state index contributed by atoms with van der Waals surface area (Å²) in [7, 11) is 4.45. The van der Waals surface area contributed by atoms with Crippen molar-refractivity contribution in [3.05, 3.63) is 58.4 Å². The molecule has 4 heterocycles. The van der Waals surface area contributed by atoms with Gasteiger partial charge >= 0.3 is 24.1 Å². The molecule has 16 nitrogen and oxygen atoms in total. The van der Waals surface area contributed by atoms with Crippen molar-refractivity contribution in [1.82, 2.24) is 19.8 Å². The molecule has 0 bridgehead atoms. The van der Waals surface area contributed by atoms with Gasteiger partial charge in [-0.15, -0.1) is 0 Å². The number of hydrogen-bond acceptors (Lipinski definition) is 14. The van der Waals surface area contributed by atoms with Crippen molar-refractivity contribution in [3.8, 4) is 23.0 Å². The Bertz CT molecular complexity index is 2760. The van der Waals surface area contributed by atoms with Crippen molar-refractivity contribution in [2.24, 2.45) is 22.7 Å². The van der Waals surface area contributed by atoms with Crippen LogP contribution < -0.4 is 9.47 Å². The fraction of sp³-hybridized carbons (Fsp3) is 0.577. The Morgan fingerprint density at radius 2 is 1.31 bits per heavy atom. The molecule has 364 valence electrons. The SMILES string of the molecule is COC(=O)[C@@H]1CC2(CC2Cc2c(O)c(C)nc3c(COC(=O)[C@@H]4C[C@]5(CC5C5(c6c(O)c(C)nc7ccc(OC)cc67)CC5)CN4C(=O)OC(C)(C)C)cc(OC)cc23)CN1C(=O)OC(C)(C)C. The third-order valence-electron chi connectivity index (χ3n) is 15.2. The summed E-state index contributed by atoms with van der Waals surface area (Å²) in [6, 6.07) is 7.53. The summed E-state index contributed by atoms with van der Waals surface area (Å²) in [5, 5.41) is 24.7. The number of rotatable bonds is 10. The molecule has 4 aromatic rings. The van der Waals surface area contributed by atoms with Crippen molar-refractivity contribution < 1.29 is 57.8 Å². The van der Waals surface area contributed by atoms with Gasteiger partial charge < -0.3 is 38.6 Å². The Morgan fingerprint density at radius 1 is 0.721 bits per heavy atom. The number of aromatic hydroxyl groups is 2. The van der Waals surface area contributed by atoms with Crippen molar-refractivity contribution >= 4 is 45.9 Å². The summed E-state index contributed by atoms with van der Waals surface area (Å²) in [6.45, 7) is 14.6. The first kappa shape index (κ1) is 47.0. The van der Waals surface area contributed by atoms with Crippen LogP contribution in [-0.4, -0.2) is 112 Å². The van der Waals surface area contributed by atoms with E-state index in [1.165, 1.54) is 24.0 Å². The molecule has 0 radical (unpaired) electrons. The predicted molar refractivity (Wildman–Crippen MR) is 250 cm³/mol. The zero-order valence-electron chi connectivity index (χ0n) is 41.0. The van der Waals surface area contributed by atoms with Crippen LogP contribution in [-0.2, 0) is 47.0 Å². The number of likely N-dealkylation sites (tertiary alicyclic amines) is 2. The minimum Gasteiger partial charge on any atom is -0.506 e. The number of pyridine rings is 2. The summed E-state index contributed by atoms with van der Waals surface area (Å²) in [5.74, 6) is 0.322. The Hall–Kier alpha value is -6.06. The second-order valence-corrected chi connectivity index (χ2v) is 22.0. The number of carbonyl (C=O) groups is 4. The minimum atomic E-state index is -0.937. The number of esters is 2. The van der Waals surface area contributed by atoms with Gasteiger partial charge in [-0.3, -0.25) is 9.80 Å². The van der Waals surface area contributed by atoms with Gasteiger partial charge in [0, 0.05) is 46.0 Å². The van der Waals surface area contributed by atoms with E-state index in [9.17, 15) is 29.4 Å². The monoisotopic (exact) mass is 936 g/mol. The number of aryl methyl sites for hydroxylation is 2. The van der Waals surface area contributed by atoms with E-state index in [2.05, 4.69) is 4.98 Å². The fourth-order valence-corrected chi connectivity index (χ4v) is 11.7. The van der Waals surface area contributed by atoms with Crippen LogP contribution in [0.2, 0.25) is 0 Å². The van der Waals surface area contributed by atoms with Crippen LogP contribution in [0.3, 0.4) is 0 Å². The number of methoxy groups -OCH3 is 3. The Labute approximate surface area is 396 Å². The third kappa shape index (κ3) is 8.24. The van der Waals surface area contributed by atoms with Gasteiger partial charge in [-0.2, -0.15) is 0 Å². The Morgan fingerprint density at radius 3 is 1.91 bits per heavy atom. The second-order valence-electron chi connectivity index (χ2n) is 22.0. The maximum Gasteiger partial charge on any atom is 0.411 e. The molecule has 9 rings (SSSR count). The van der Waals surface area contributed by atoms with E-state index >= 15 is 0 Å². The molecule has 3 aliphatic carbocycles. The fourth-order valence-electron chi connectivity index (χ4n) is 11.7. The lowest BCUT2D eigenvalue weighted by Crippen LogP contribution is -2.44. The van der Waals surface area contributed by atoms with Crippen LogP contribution in [0.4, 0.5) is 9.59 Å². The van der Waals surface area contributed by atoms with Crippen molar-refractivity contribution in [1.29, 1.82) is 0 Å². The predicted octanol–water partition coefficient (Wildman–Crippen LogP) is 8.35. The van der Waals surface area contributed by atoms with Gasteiger partial charge in [0.1, 0.15) is 52.9 Å². The molecule has 2 aliphatic heterocycles. The van der Waals surface area contributed by atoms with Crippen LogP contribution in [0.1, 0.15) is 108 Å². The maximum atomic E-state index is 14.5. The van der Waals surface area contributed by atoms with Crippen molar-refractivity contribution in [3.63, 3.8) is 0 Å². The average Bonchev–Trinajstić information content (AvgIpc) is 4.22. The van der Waals surface area contributed by atoms with Crippen LogP contribution in [0.15, 0.2) is 30.3 Å². The molecule has 68 heavy (non-hydrogen) atoms. The van der Waals surface area contributed by atoms with Gasteiger partial charge in [0.25, 0.3) is 0 Å². The number of nitrogens with zero attached hydrogens (tertiary/aromatic N) is 4. The average molecular weight is 937 g/mol. The number of hydrogen-bond donors (Lipinski definition) is 2. The van der Waals surface area contributed by atoms with E-state index < -0.39 is 52.8 Å². The maximum absolute atomic E-state index is 14.5. The van der Waals surface area contributed by atoms with Gasteiger partial charge in [0.05, 0.1) is 43.8 Å². The number of carbonyl (C=O) groups excluding carboxylic acids is 4. The molecular formula is C52H64N4O12. The van der Waals surface area contributed by atoms with Crippen LogP contribution in [0.25, 0.3) is 21.8 Å². The van der Waals surface area contributed by atoms with Gasteiger partial charge in [-0.05, 0) is 153 Å². The molecule has 2 amide bonds.